The van der Waals surface area contributed by atoms with Gasteiger partial charge in [0.25, 0.3) is 0 Å². The van der Waals surface area contributed by atoms with Crippen LogP contribution >= 0.6 is 0 Å². The van der Waals surface area contributed by atoms with Gasteiger partial charge in [0, 0.05) is 17.8 Å². The fourth-order valence-corrected chi connectivity index (χ4v) is 8.78. The van der Waals surface area contributed by atoms with Crippen molar-refractivity contribution in [3.8, 4) is 0 Å². The number of esters is 1. The summed E-state index contributed by atoms with van der Waals surface area (Å²) in [5.41, 5.74) is 1.28. The van der Waals surface area contributed by atoms with Gasteiger partial charge in [-0.15, -0.1) is 0 Å². The van der Waals surface area contributed by atoms with Gasteiger partial charge in [-0.3, -0.25) is 4.79 Å². The Morgan fingerprint density at radius 3 is 2.46 bits per heavy atom. The smallest absolute Gasteiger partial charge is 0.306 e. The molecule has 4 saturated carbocycles. The van der Waals surface area contributed by atoms with Gasteiger partial charge in [-0.1, -0.05) is 33.6 Å². The van der Waals surface area contributed by atoms with E-state index >= 15 is 0 Å². The van der Waals surface area contributed by atoms with Crippen molar-refractivity contribution in [3.05, 3.63) is 0 Å². The van der Waals surface area contributed by atoms with Gasteiger partial charge < -0.3 is 4.74 Å². The van der Waals surface area contributed by atoms with E-state index in [4.69, 9.17) is 4.74 Å². The lowest BCUT2D eigenvalue weighted by molar-refractivity contribution is -0.217. The molecule has 0 unspecified atom stereocenters. The SMILES string of the molecule is C[C@@]12CCCC[C@H]1[C@@H]1CC[C@H]3[C@@H]4OC(=O)CC[C@]4(C)CC[C@]3(C)[C@H]1CC2. The molecule has 5 fully saturated rings. The lowest BCUT2D eigenvalue weighted by Crippen LogP contribution is -2.61. The molecule has 0 aromatic carbocycles. The summed E-state index contributed by atoms with van der Waals surface area (Å²) < 4.78 is 6.10. The minimum absolute atomic E-state index is 0.0716. The first kappa shape index (κ1) is 17.6. The predicted octanol–water partition coefficient (Wildman–Crippen LogP) is 6.13. The Bertz CT molecular complexity index is 599. The van der Waals surface area contributed by atoms with Crippen LogP contribution in [0.1, 0.15) is 97.8 Å². The first-order chi connectivity index (χ1) is 12.4. The van der Waals surface area contributed by atoms with Crippen molar-refractivity contribution in [2.45, 2.75) is 104 Å². The number of ether oxygens (including phenoxy) is 1. The number of fused-ring (bicyclic) bond motifs is 7. The first-order valence-electron chi connectivity index (χ1n) is 11.6. The fourth-order valence-electron chi connectivity index (χ4n) is 8.78. The van der Waals surface area contributed by atoms with E-state index in [0.29, 0.717) is 23.2 Å². The standard InChI is InChI=1S/C24H38O2/c1-22-11-5-4-6-17(22)16-7-8-19-21-23(2,13-10-20(25)26-21)14-15-24(19,3)18(16)9-12-22/h16-19,21H,4-15H2,1-3H3/t16-,17-,18-,19-,21-,22-,23+,24+/m0/s1. The minimum Gasteiger partial charge on any atom is -0.461 e. The van der Waals surface area contributed by atoms with Gasteiger partial charge >= 0.3 is 5.97 Å². The molecule has 1 saturated heterocycles. The Balaban J connectivity index is 1.46. The quantitative estimate of drug-likeness (QED) is 0.487. The molecule has 2 heteroatoms. The third-order valence-electron chi connectivity index (χ3n) is 10.4. The van der Waals surface area contributed by atoms with Gasteiger partial charge in [-0.25, -0.2) is 0 Å². The molecule has 0 aromatic heterocycles. The fraction of sp³-hybridized carbons (Fsp3) is 0.958. The zero-order chi connectivity index (χ0) is 18.2. The maximum Gasteiger partial charge on any atom is 0.306 e. The van der Waals surface area contributed by atoms with Crippen LogP contribution in [0.2, 0.25) is 0 Å². The molecule has 5 rings (SSSR count). The maximum atomic E-state index is 12.1. The van der Waals surface area contributed by atoms with Gasteiger partial charge in [-0.2, -0.15) is 0 Å². The van der Waals surface area contributed by atoms with Crippen molar-refractivity contribution in [1.82, 2.24) is 0 Å². The average molecular weight is 359 g/mol. The highest BCUT2D eigenvalue weighted by Crippen LogP contribution is 2.68. The van der Waals surface area contributed by atoms with E-state index in [1.54, 1.807) is 0 Å². The summed E-state index contributed by atoms with van der Waals surface area (Å²) in [5.74, 6) is 3.47. The molecule has 0 aromatic rings. The van der Waals surface area contributed by atoms with Crippen LogP contribution in [-0.2, 0) is 9.53 Å². The second-order valence-corrected chi connectivity index (χ2v) is 11.6. The molecule has 0 N–H and O–H groups in total. The van der Waals surface area contributed by atoms with Gasteiger partial charge in [0.2, 0.25) is 0 Å². The normalized spacial score (nSPS) is 56.4. The lowest BCUT2D eigenvalue weighted by Gasteiger charge is -2.65. The van der Waals surface area contributed by atoms with Crippen LogP contribution in [-0.4, -0.2) is 12.1 Å². The highest BCUT2D eigenvalue weighted by Gasteiger charge is 2.62. The number of hydrogen-bond acceptors (Lipinski definition) is 2. The molecular formula is C24H38O2. The Kier molecular flexibility index (Phi) is 3.88. The van der Waals surface area contributed by atoms with Crippen LogP contribution in [0.5, 0.6) is 0 Å². The summed E-state index contributed by atoms with van der Waals surface area (Å²) in [6.45, 7) is 7.62. The first-order valence-corrected chi connectivity index (χ1v) is 11.6. The Morgan fingerprint density at radius 2 is 1.62 bits per heavy atom. The highest BCUT2D eigenvalue weighted by molar-refractivity contribution is 5.70. The van der Waals surface area contributed by atoms with E-state index in [-0.39, 0.29) is 17.5 Å². The minimum atomic E-state index is 0.0716. The van der Waals surface area contributed by atoms with Gasteiger partial charge in [-0.05, 0) is 86.4 Å². The Labute approximate surface area is 159 Å². The summed E-state index contributed by atoms with van der Waals surface area (Å²) in [7, 11) is 0. The molecule has 0 radical (unpaired) electrons. The van der Waals surface area contributed by atoms with E-state index in [1.807, 2.05) is 0 Å². The van der Waals surface area contributed by atoms with Crippen molar-refractivity contribution >= 4 is 5.97 Å². The Hall–Kier alpha value is -0.530. The molecule has 2 nitrogen and oxygen atoms in total. The number of carbonyl (C=O) groups excluding carboxylic acids is 1. The summed E-state index contributed by atoms with van der Waals surface area (Å²) in [5, 5.41) is 0. The number of hydrogen-bond donors (Lipinski definition) is 0. The summed E-state index contributed by atoms with van der Waals surface area (Å²) >= 11 is 0. The molecule has 8 atom stereocenters. The topological polar surface area (TPSA) is 26.3 Å². The van der Waals surface area contributed by atoms with Gasteiger partial charge in [0.1, 0.15) is 6.10 Å². The van der Waals surface area contributed by atoms with Crippen molar-refractivity contribution in [2.24, 2.45) is 39.9 Å². The van der Waals surface area contributed by atoms with E-state index in [9.17, 15) is 4.79 Å². The third-order valence-corrected chi connectivity index (χ3v) is 10.4. The molecule has 26 heavy (non-hydrogen) atoms. The van der Waals surface area contributed by atoms with Crippen LogP contribution in [0.25, 0.3) is 0 Å². The van der Waals surface area contributed by atoms with Crippen LogP contribution in [0, 0.1) is 39.9 Å². The molecule has 5 aliphatic rings. The molecule has 0 bridgehead atoms. The van der Waals surface area contributed by atoms with Gasteiger partial charge in [0.15, 0.2) is 0 Å². The molecular weight excluding hydrogens is 320 g/mol. The molecule has 0 amide bonds. The largest absolute Gasteiger partial charge is 0.461 e. The molecule has 1 heterocycles. The van der Waals surface area contributed by atoms with E-state index in [2.05, 4.69) is 20.8 Å². The third kappa shape index (κ3) is 2.32. The van der Waals surface area contributed by atoms with Gasteiger partial charge in [0.05, 0.1) is 0 Å². The molecule has 4 aliphatic carbocycles. The predicted molar refractivity (Wildman–Crippen MR) is 104 cm³/mol. The van der Waals surface area contributed by atoms with Crippen LogP contribution < -0.4 is 0 Å². The van der Waals surface area contributed by atoms with E-state index in [0.717, 1.165) is 24.2 Å². The monoisotopic (exact) mass is 358 g/mol. The summed E-state index contributed by atoms with van der Waals surface area (Å²) in [6, 6.07) is 0. The summed E-state index contributed by atoms with van der Waals surface area (Å²) in [4.78, 5) is 12.1. The van der Waals surface area contributed by atoms with Crippen LogP contribution in [0.15, 0.2) is 0 Å². The second kappa shape index (κ2) is 5.74. The van der Waals surface area contributed by atoms with Crippen molar-refractivity contribution in [2.75, 3.05) is 0 Å². The zero-order valence-corrected chi connectivity index (χ0v) is 17.2. The van der Waals surface area contributed by atoms with E-state index < -0.39 is 0 Å². The number of rotatable bonds is 0. The molecule has 1 aliphatic heterocycles. The maximum absolute atomic E-state index is 12.1. The second-order valence-electron chi connectivity index (χ2n) is 11.6. The highest BCUT2D eigenvalue weighted by atomic mass is 16.5. The van der Waals surface area contributed by atoms with Crippen molar-refractivity contribution < 1.29 is 9.53 Å². The number of carbonyl (C=O) groups is 1. The van der Waals surface area contributed by atoms with Crippen LogP contribution in [0.4, 0.5) is 0 Å². The molecule has 146 valence electrons. The Morgan fingerprint density at radius 1 is 0.769 bits per heavy atom. The van der Waals surface area contributed by atoms with E-state index in [1.165, 1.54) is 64.2 Å². The molecule has 0 spiro atoms. The lowest BCUT2D eigenvalue weighted by atomic mass is 9.41. The summed E-state index contributed by atoms with van der Waals surface area (Å²) in [6.07, 6.45) is 16.0. The van der Waals surface area contributed by atoms with Crippen molar-refractivity contribution in [3.63, 3.8) is 0 Å². The van der Waals surface area contributed by atoms with Crippen LogP contribution in [0.3, 0.4) is 0 Å². The zero-order valence-electron chi connectivity index (χ0n) is 17.2. The van der Waals surface area contributed by atoms with Crippen molar-refractivity contribution in [1.29, 1.82) is 0 Å². The average Bonchev–Trinajstić information content (AvgIpc) is 2.62.